The van der Waals surface area contributed by atoms with Crippen LogP contribution in [0.1, 0.15) is 11.1 Å². The van der Waals surface area contributed by atoms with Crippen molar-refractivity contribution in [1.82, 2.24) is 4.98 Å². The van der Waals surface area contributed by atoms with Crippen molar-refractivity contribution in [2.45, 2.75) is 6.92 Å². The zero-order chi connectivity index (χ0) is 19.6. The van der Waals surface area contributed by atoms with Crippen LogP contribution in [0.5, 0.6) is 5.75 Å². The van der Waals surface area contributed by atoms with Crippen molar-refractivity contribution in [2.24, 2.45) is 0 Å². The highest BCUT2D eigenvalue weighted by Crippen LogP contribution is 2.36. The number of nitrogens with two attached hydrogens (primary N) is 1. The fourth-order valence-corrected chi connectivity index (χ4v) is 3.12. The molecule has 0 unspecified atom stereocenters. The number of anilines is 2. The van der Waals surface area contributed by atoms with Crippen LogP contribution >= 0.6 is 0 Å². The molecule has 0 aliphatic carbocycles. The molecule has 1 heterocycles. The summed E-state index contributed by atoms with van der Waals surface area (Å²) in [6.45, 7) is 1.97. The van der Waals surface area contributed by atoms with Crippen LogP contribution in [-0.4, -0.2) is 26.2 Å². The average Bonchev–Trinajstić information content (AvgIpc) is 2.69. The Morgan fingerprint density at radius 1 is 1.00 bits per heavy atom. The Labute approximate surface area is 159 Å². The molecular formula is C22H22N4O. The highest BCUT2D eigenvalue weighted by Gasteiger charge is 2.18. The molecule has 136 valence electrons. The monoisotopic (exact) mass is 358 g/mol. The molecule has 5 heteroatoms. The molecule has 0 aliphatic heterocycles. The van der Waals surface area contributed by atoms with Crippen molar-refractivity contribution in [2.75, 3.05) is 31.8 Å². The number of rotatable bonds is 4. The molecule has 27 heavy (non-hydrogen) atoms. The third-order valence-corrected chi connectivity index (χ3v) is 4.62. The first-order chi connectivity index (χ1) is 13.0. The average molecular weight is 358 g/mol. The first-order valence-electron chi connectivity index (χ1n) is 8.58. The maximum Gasteiger partial charge on any atom is 0.142 e. The zero-order valence-electron chi connectivity index (χ0n) is 15.9. The van der Waals surface area contributed by atoms with Gasteiger partial charge in [-0.2, -0.15) is 5.26 Å². The van der Waals surface area contributed by atoms with Crippen LogP contribution in [0.25, 0.3) is 22.4 Å². The number of ether oxygens (including phenoxy) is 1. The first kappa shape index (κ1) is 18.3. The summed E-state index contributed by atoms with van der Waals surface area (Å²) in [6.07, 6.45) is 0. The van der Waals surface area contributed by atoms with E-state index in [2.05, 4.69) is 11.1 Å². The zero-order valence-corrected chi connectivity index (χ0v) is 15.9. The van der Waals surface area contributed by atoms with Crippen molar-refractivity contribution < 1.29 is 4.74 Å². The Balaban J connectivity index is 2.20. The van der Waals surface area contributed by atoms with Gasteiger partial charge in [-0.25, -0.2) is 4.98 Å². The maximum absolute atomic E-state index is 9.66. The lowest BCUT2D eigenvalue weighted by Gasteiger charge is -2.17. The van der Waals surface area contributed by atoms with Gasteiger partial charge in [0.15, 0.2) is 0 Å². The number of nitrogen functional groups attached to an aromatic ring is 1. The molecule has 0 spiro atoms. The minimum absolute atomic E-state index is 0.237. The summed E-state index contributed by atoms with van der Waals surface area (Å²) in [6, 6.07) is 18.0. The number of nitrogens with zero attached hydrogens (tertiary/aromatic N) is 3. The van der Waals surface area contributed by atoms with Crippen LogP contribution in [0.15, 0.2) is 48.5 Å². The Hall–Kier alpha value is -3.52. The van der Waals surface area contributed by atoms with Crippen LogP contribution in [-0.2, 0) is 0 Å². The number of hydrogen-bond donors (Lipinski definition) is 1. The molecule has 0 amide bonds. The largest absolute Gasteiger partial charge is 0.497 e. The van der Waals surface area contributed by atoms with E-state index in [4.69, 9.17) is 10.5 Å². The topological polar surface area (TPSA) is 75.2 Å². The maximum atomic E-state index is 9.66. The second kappa shape index (κ2) is 7.38. The lowest BCUT2D eigenvalue weighted by atomic mass is 9.92. The fourth-order valence-electron chi connectivity index (χ4n) is 3.12. The quantitative estimate of drug-likeness (QED) is 0.754. The molecule has 0 saturated carbocycles. The molecule has 3 aromatic rings. The standard InChI is InChI=1S/C22H22N4O/c1-14-20(15-5-9-17(10-6-15)26(2)3)19(13-23)22(24)25-21(14)16-7-11-18(27-4)12-8-16/h5-12H,1-4H3,(H2,24,25). The number of nitriles is 1. The van der Waals surface area contributed by atoms with Crippen LogP contribution in [0.4, 0.5) is 11.5 Å². The van der Waals surface area contributed by atoms with E-state index in [-0.39, 0.29) is 5.82 Å². The molecule has 0 radical (unpaired) electrons. The lowest BCUT2D eigenvalue weighted by molar-refractivity contribution is 0.415. The summed E-state index contributed by atoms with van der Waals surface area (Å²) >= 11 is 0. The number of hydrogen-bond acceptors (Lipinski definition) is 5. The summed E-state index contributed by atoms with van der Waals surface area (Å²) in [4.78, 5) is 6.54. The van der Waals surface area contributed by atoms with E-state index in [1.807, 2.05) is 74.4 Å². The van der Waals surface area contributed by atoms with Crippen LogP contribution in [0, 0.1) is 18.3 Å². The van der Waals surface area contributed by atoms with Gasteiger partial charge in [-0.1, -0.05) is 12.1 Å². The van der Waals surface area contributed by atoms with E-state index in [0.29, 0.717) is 5.56 Å². The summed E-state index contributed by atoms with van der Waals surface area (Å²) in [5.41, 5.74) is 12.0. The van der Waals surface area contributed by atoms with Gasteiger partial charge < -0.3 is 15.4 Å². The molecule has 2 N–H and O–H groups in total. The lowest BCUT2D eigenvalue weighted by Crippen LogP contribution is -2.08. The number of methoxy groups -OCH3 is 1. The second-order valence-electron chi connectivity index (χ2n) is 6.50. The van der Waals surface area contributed by atoms with Gasteiger partial charge in [-0.05, 0) is 54.4 Å². The molecule has 5 nitrogen and oxygen atoms in total. The van der Waals surface area contributed by atoms with Gasteiger partial charge in [-0.15, -0.1) is 0 Å². The van der Waals surface area contributed by atoms with Crippen molar-refractivity contribution in [1.29, 1.82) is 5.26 Å². The third-order valence-electron chi connectivity index (χ3n) is 4.62. The third kappa shape index (κ3) is 3.42. The Bertz CT molecular complexity index is 1000. The van der Waals surface area contributed by atoms with Gasteiger partial charge in [0, 0.05) is 30.9 Å². The summed E-state index contributed by atoms with van der Waals surface area (Å²) < 4.78 is 5.23. The molecule has 0 aliphatic rings. The number of benzene rings is 2. The summed E-state index contributed by atoms with van der Waals surface area (Å²) in [5, 5.41) is 9.66. The molecule has 0 saturated heterocycles. The summed E-state index contributed by atoms with van der Waals surface area (Å²) in [7, 11) is 5.62. The highest BCUT2D eigenvalue weighted by molar-refractivity contribution is 5.84. The Kier molecular flexibility index (Phi) is 5.00. The SMILES string of the molecule is COc1ccc(-c2nc(N)c(C#N)c(-c3ccc(N(C)C)cc3)c2C)cc1. The molecule has 0 bridgehead atoms. The van der Waals surface area contributed by atoms with Crippen molar-refractivity contribution in [3.8, 4) is 34.2 Å². The molecule has 0 fully saturated rings. The Morgan fingerprint density at radius 3 is 2.11 bits per heavy atom. The predicted octanol–water partition coefficient (Wildman–Crippen LogP) is 4.25. The van der Waals surface area contributed by atoms with Gasteiger partial charge in [0.05, 0.1) is 12.8 Å². The van der Waals surface area contributed by atoms with Gasteiger partial charge in [-0.3, -0.25) is 0 Å². The fraction of sp³-hybridized carbons (Fsp3) is 0.182. The normalized spacial score (nSPS) is 10.3. The molecule has 1 aromatic heterocycles. The molecular weight excluding hydrogens is 336 g/mol. The molecule has 3 rings (SSSR count). The predicted molar refractivity (Wildman–Crippen MR) is 110 cm³/mol. The number of pyridine rings is 1. The van der Waals surface area contributed by atoms with Crippen molar-refractivity contribution >= 4 is 11.5 Å². The minimum Gasteiger partial charge on any atom is -0.497 e. The number of aromatic nitrogens is 1. The van der Waals surface area contributed by atoms with Gasteiger partial charge in [0.1, 0.15) is 23.2 Å². The molecule has 2 aromatic carbocycles. The first-order valence-corrected chi connectivity index (χ1v) is 8.58. The van der Waals surface area contributed by atoms with Crippen molar-refractivity contribution in [3.63, 3.8) is 0 Å². The van der Waals surface area contributed by atoms with E-state index in [0.717, 1.165) is 39.4 Å². The second-order valence-corrected chi connectivity index (χ2v) is 6.50. The van der Waals surface area contributed by atoms with E-state index in [9.17, 15) is 5.26 Å². The molecule has 0 atom stereocenters. The summed E-state index contributed by atoms with van der Waals surface area (Å²) in [5.74, 6) is 1.01. The van der Waals surface area contributed by atoms with Crippen LogP contribution < -0.4 is 15.4 Å². The van der Waals surface area contributed by atoms with Gasteiger partial charge in [0.25, 0.3) is 0 Å². The van der Waals surface area contributed by atoms with Crippen LogP contribution in [0.3, 0.4) is 0 Å². The van der Waals surface area contributed by atoms with E-state index in [1.165, 1.54) is 0 Å². The van der Waals surface area contributed by atoms with Crippen LogP contribution in [0.2, 0.25) is 0 Å². The van der Waals surface area contributed by atoms with E-state index in [1.54, 1.807) is 7.11 Å². The van der Waals surface area contributed by atoms with Gasteiger partial charge in [0.2, 0.25) is 0 Å². The van der Waals surface area contributed by atoms with Crippen molar-refractivity contribution in [3.05, 3.63) is 59.7 Å². The minimum atomic E-state index is 0.237. The Morgan fingerprint density at radius 2 is 1.59 bits per heavy atom. The van der Waals surface area contributed by atoms with Gasteiger partial charge >= 0.3 is 0 Å². The smallest absolute Gasteiger partial charge is 0.142 e. The highest BCUT2D eigenvalue weighted by atomic mass is 16.5. The van der Waals surface area contributed by atoms with E-state index < -0.39 is 0 Å². The van der Waals surface area contributed by atoms with E-state index >= 15 is 0 Å².